The van der Waals surface area contributed by atoms with Crippen molar-refractivity contribution in [3.05, 3.63) is 33.9 Å². The number of carbonyl (C=O) groups is 1. The van der Waals surface area contributed by atoms with E-state index in [1.165, 1.54) is 25.1 Å². The lowest BCUT2D eigenvalue weighted by atomic mass is 10.1. The number of nitro groups is 1. The van der Waals surface area contributed by atoms with Gasteiger partial charge in [-0.05, 0) is 25.5 Å². The third-order valence-corrected chi connectivity index (χ3v) is 2.02. The first-order valence-electron chi connectivity index (χ1n) is 4.98. The van der Waals surface area contributed by atoms with Crippen LogP contribution in [0.15, 0.2) is 18.2 Å². The fraction of sp³-hybridized carbons (Fsp3) is 0.364. The van der Waals surface area contributed by atoms with Crippen molar-refractivity contribution in [2.45, 2.75) is 20.3 Å². The first kappa shape index (κ1) is 12.2. The molecule has 5 nitrogen and oxygen atoms in total. The molecule has 0 amide bonds. The highest BCUT2D eigenvalue weighted by Gasteiger charge is 2.17. The summed E-state index contributed by atoms with van der Waals surface area (Å²) < 4.78 is 5.23. The van der Waals surface area contributed by atoms with Gasteiger partial charge in [0.25, 0.3) is 0 Å². The lowest BCUT2D eigenvalue weighted by Gasteiger charge is -2.05. The van der Waals surface area contributed by atoms with Crippen LogP contribution in [-0.2, 0) is 0 Å². The predicted octanol–water partition coefficient (Wildman–Crippen LogP) is 2.59. The number of nitrogens with zero attached hydrogens (tertiary/aromatic N) is 1. The van der Waals surface area contributed by atoms with Gasteiger partial charge in [0, 0.05) is 11.6 Å². The molecule has 0 heterocycles. The maximum absolute atomic E-state index is 11.1. The van der Waals surface area contributed by atoms with Crippen LogP contribution in [0.25, 0.3) is 0 Å². The topological polar surface area (TPSA) is 69.4 Å². The molecule has 5 heteroatoms. The second-order valence-corrected chi connectivity index (χ2v) is 3.34. The normalized spacial score (nSPS) is 9.88. The van der Waals surface area contributed by atoms with Crippen molar-refractivity contribution in [1.82, 2.24) is 0 Å². The highest BCUT2D eigenvalue weighted by molar-refractivity contribution is 5.95. The van der Waals surface area contributed by atoms with E-state index in [2.05, 4.69) is 0 Å². The first-order chi connectivity index (χ1) is 7.56. The SMILES string of the molecule is CCCOc1ccc(C(C)=O)cc1[N+](=O)[O-]. The molecule has 0 spiro atoms. The van der Waals surface area contributed by atoms with Crippen molar-refractivity contribution in [1.29, 1.82) is 0 Å². The highest BCUT2D eigenvalue weighted by atomic mass is 16.6. The Morgan fingerprint density at radius 3 is 2.69 bits per heavy atom. The van der Waals surface area contributed by atoms with Gasteiger partial charge in [0.2, 0.25) is 0 Å². The summed E-state index contributed by atoms with van der Waals surface area (Å²) in [6, 6.07) is 4.23. The highest BCUT2D eigenvalue weighted by Crippen LogP contribution is 2.28. The number of nitro benzene ring substituents is 1. The smallest absolute Gasteiger partial charge is 0.311 e. The van der Waals surface area contributed by atoms with Crippen LogP contribution < -0.4 is 4.74 Å². The van der Waals surface area contributed by atoms with Crippen LogP contribution in [0.4, 0.5) is 5.69 Å². The summed E-state index contributed by atoms with van der Waals surface area (Å²) in [5.74, 6) is 0.00184. The van der Waals surface area contributed by atoms with Gasteiger partial charge in [0.15, 0.2) is 11.5 Å². The summed E-state index contributed by atoms with van der Waals surface area (Å²) in [7, 11) is 0. The monoisotopic (exact) mass is 223 g/mol. The molecular weight excluding hydrogens is 210 g/mol. The second kappa shape index (κ2) is 5.25. The molecule has 1 aromatic rings. The van der Waals surface area contributed by atoms with E-state index in [4.69, 9.17) is 4.74 Å². The lowest BCUT2D eigenvalue weighted by molar-refractivity contribution is -0.385. The van der Waals surface area contributed by atoms with Crippen LogP contribution in [-0.4, -0.2) is 17.3 Å². The van der Waals surface area contributed by atoms with Crippen LogP contribution in [0, 0.1) is 10.1 Å². The van der Waals surface area contributed by atoms with Gasteiger partial charge in [-0.2, -0.15) is 0 Å². The number of rotatable bonds is 5. The Morgan fingerprint density at radius 2 is 2.19 bits per heavy atom. The number of ketones is 1. The van der Waals surface area contributed by atoms with Crippen LogP contribution in [0.3, 0.4) is 0 Å². The Kier molecular flexibility index (Phi) is 3.99. The molecule has 1 rings (SSSR count). The average Bonchev–Trinajstić information content (AvgIpc) is 2.25. The Bertz CT molecular complexity index is 414. The van der Waals surface area contributed by atoms with Gasteiger partial charge in [-0.25, -0.2) is 0 Å². The zero-order valence-electron chi connectivity index (χ0n) is 9.23. The van der Waals surface area contributed by atoms with Crippen molar-refractivity contribution in [3.8, 4) is 5.75 Å². The molecule has 0 atom stereocenters. The zero-order chi connectivity index (χ0) is 12.1. The summed E-state index contributed by atoms with van der Waals surface area (Å²) in [6.45, 7) is 3.70. The molecule has 0 bridgehead atoms. The predicted molar refractivity (Wildman–Crippen MR) is 58.9 cm³/mol. The summed E-state index contributed by atoms with van der Waals surface area (Å²) in [5, 5.41) is 10.8. The maximum atomic E-state index is 11.1. The van der Waals surface area contributed by atoms with Gasteiger partial charge in [-0.15, -0.1) is 0 Å². The summed E-state index contributed by atoms with van der Waals surface area (Å²) >= 11 is 0. The molecule has 0 saturated heterocycles. The first-order valence-corrected chi connectivity index (χ1v) is 4.98. The van der Waals surface area contributed by atoms with Crippen molar-refractivity contribution in [2.24, 2.45) is 0 Å². The average molecular weight is 223 g/mol. The molecule has 0 radical (unpaired) electrons. The minimum atomic E-state index is -0.544. The number of benzene rings is 1. The number of carbonyl (C=O) groups excluding carboxylic acids is 1. The molecule has 0 aliphatic carbocycles. The molecular formula is C11H13NO4. The third-order valence-electron chi connectivity index (χ3n) is 2.02. The van der Waals surface area contributed by atoms with Crippen LogP contribution in [0.5, 0.6) is 5.75 Å². The largest absolute Gasteiger partial charge is 0.487 e. The number of hydrogen-bond acceptors (Lipinski definition) is 4. The zero-order valence-corrected chi connectivity index (χ0v) is 9.23. The fourth-order valence-corrected chi connectivity index (χ4v) is 1.21. The summed E-state index contributed by atoms with van der Waals surface area (Å²) in [4.78, 5) is 21.3. The molecule has 86 valence electrons. The van der Waals surface area contributed by atoms with Gasteiger partial charge in [0.05, 0.1) is 11.5 Å². The molecule has 0 fully saturated rings. The van der Waals surface area contributed by atoms with Crippen molar-refractivity contribution in [3.63, 3.8) is 0 Å². The standard InChI is InChI=1S/C11H13NO4/c1-3-6-16-11-5-4-9(8(2)13)7-10(11)12(14)15/h4-5,7H,3,6H2,1-2H3. The Morgan fingerprint density at radius 1 is 1.50 bits per heavy atom. The van der Waals surface area contributed by atoms with E-state index >= 15 is 0 Å². The van der Waals surface area contributed by atoms with Crippen LogP contribution in [0.2, 0.25) is 0 Å². The molecule has 1 aromatic carbocycles. The third kappa shape index (κ3) is 2.79. The molecule has 16 heavy (non-hydrogen) atoms. The van der Waals surface area contributed by atoms with E-state index in [9.17, 15) is 14.9 Å². The van der Waals surface area contributed by atoms with Crippen LogP contribution >= 0.6 is 0 Å². The van der Waals surface area contributed by atoms with E-state index in [0.717, 1.165) is 6.42 Å². The Hall–Kier alpha value is -1.91. The molecule has 0 saturated carbocycles. The van der Waals surface area contributed by atoms with Gasteiger partial charge < -0.3 is 4.74 Å². The quantitative estimate of drug-likeness (QED) is 0.437. The van der Waals surface area contributed by atoms with E-state index in [0.29, 0.717) is 12.2 Å². The number of ether oxygens (including phenoxy) is 1. The van der Waals surface area contributed by atoms with Gasteiger partial charge in [-0.1, -0.05) is 6.92 Å². The van der Waals surface area contributed by atoms with Gasteiger partial charge in [0.1, 0.15) is 0 Å². The number of Topliss-reactive ketones (excluding diaryl/α,β-unsaturated/α-hetero) is 1. The summed E-state index contributed by atoms with van der Waals surface area (Å²) in [5.41, 5.74) is 0.150. The molecule has 0 aliphatic rings. The van der Waals surface area contributed by atoms with E-state index in [1.54, 1.807) is 0 Å². The minimum Gasteiger partial charge on any atom is -0.487 e. The Balaban J connectivity index is 3.09. The van der Waals surface area contributed by atoms with Gasteiger partial charge in [-0.3, -0.25) is 14.9 Å². The minimum absolute atomic E-state index is 0.166. The molecule has 0 aliphatic heterocycles. The number of hydrogen-bond donors (Lipinski definition) is 0. The van der Waals surface area contributed by atoms with Crippen LogP contribution in [0.1, 0.15) is 30.6 Å². The maximum Gasteiger partial charge on any atom is 0.311 e. The van der Waals surface area contributed by atoms with E-state index in [1.807, 2.05) is 6.92 Å². The van der Waals surface area contributed by atoms with Crippen molar-refractivity contribution in [2.75, 3.05) is 6.61 Å². The lowest BCUT2D eigenvalue weighted by Crippen LogP contribution is -2.01. The molecule has 0 unspecified atom stereocenters. The van der Waals surface area contributed by atoms with E-state index in [-0.39, 0.29) is 17.2 Å². The second-order valence-electron chi connectivity index (χ2n) is 3.34. The van der Waals surface area contributed by atoms with Crippen molar-refractivity contribution < 1.29 is 14.5 Å². The van der Waals surface area contributed by atoms with Gasteiger partial charge >= 0.3 is 5.69 Å². The molecule has 0 aromatic heterocycles. The fourth-order valence-electron chi connectivity index (χ4n) is 1.21. The van der Waals surface area contributed by atoms with Crippen molar-refractivity contribution >= 4 is 11.5 Å². The van der Waals surface area contributed by atoms with E-state index < -0.39 is 4.92 Å². The molecule has 0 N–H and O–H groups in total. The Labute approximate surface area is 93.2 Å². The summed E-state index contributed by atoms with van der Waals surface area (Å²) in [6.07, 6.45) is 0.769.